The van der Waals surface area contributed by atoms with Gasteiger partial charge in [-0.1, -0.05) is 29.8 Å². The van der Waals surface area contributed by atoms with E-state index in [1.54, 1.807) is 11.9 Å². The van der Waals surface area contributed by atoms with Crippen molar-refractivity contribution < 1.29 is 9.72 Å². The molecule has 7 heteroatoms. The van der Waals surface area contributed by atoms with Gasteiger partial charge in [0.1, 0.15) is 5.69 Å². The third kappa shape index (κ3) is 4.08. The standard InChI is InChI=1S/C17H20N4O3/c1-12-3-5-13(6-4-12)9-10-20(2)17(22)14-7-8-15(19-18)16(11-14)21(23)24/h3-8,11,19H,9-10,18H2,1-2H3. The number of hydrogen-bond acceptors (Lipinski definition) is 5. The van der Waals surface area contributed by atoms with E-state index in [0.29, 0.717) is 13.0 Å². The van der Waals surface area contributed by atoms with Crippen LogP contribution in [0.4, 0.5) is 11.4 Å². The predicted octanol–water partition coefficient (Wildman–Crippen LogP) is 2.50. The first-order valence-corrected chi connectivity index (χ1v) is 7.48. The molecule has 0 aliphatic rings. The lowest BCUT2D eigenvalue weighted by atomic mass is 10.1. The first-order chi connectivity index (χ1) is 11.4. The molecule has 2 rings (SSSR count). The number of nitrogens with zero attached hydrogens (tertiary/aromatic N) is 2. The lowest BCUT2D eigenvalue weighted by Gasteiger charge is -2.17. The predicted molar refractivity (Wildman–Crippen MR) is 92.8 cm³/mol. The van der Waals surface area contributed by atoms with Gasteiger partial charge in [0.2, 0.25) is 0 Å². The van der Waals surface area contributed by atoms with Gasteiger partial charge in [-0.25, -0.2) is 0 Å². The molecule has 0 spiro atoms. The third-order valence-electron chi connectivity index (χ3n) is 3.80. The Morgan fingerprint density at radius 2 is 1.92 bits per heavy atom. The quantitative estimate of drug-likeness (QED) is 0.482. The molecule has 126 valence electrons. The minimum absolute atomic E-state index is 0.166. The molecule has 0 saturated heterocycles. The van der Waals surface area contributed by atoms with E-state index < -0.39 is 4.92 Å². The summed E-state index contributed by atoms with van der Waals surface area (Å²) in [4.78, 5) is 24.5. The first kappa shape index (κ1) is 17.4. The number of benzene rings is 2. The summed E-state index contributed by atoms with van der Waals surface area (Å²) in [5.41, 5.74) is 4.77. The Morgan fingerprint density at radius 1 is 1.25 bits per heavy atom. The second-order valence-corrected chi connectivity index (χ2v) is 5.60. The summed E-state index contributed by atoms with van der Waals surface area (Å²) in [5.74, 6) is 4.98. The molecule has 2 aromatic carbocycles. The van der Waals surface area contributed by atoms with Crippen LogP contribution < -0.4 is 11.3 Å². The molecule has 0 aliphatic heterocycles. The molecule has 7 nitrogen and oxygen atoms in total. The van der Waals surface area contributed by atoms with Crippen LogP contribution >= 0.6 is 0 Å². The van der Waals surface area contributed by atoms with Gasteiger partial charge in [0, 0.05) is 25.2 Å². The van der Waals surface area contributed by atoms with Gasteiger partial charge in [-0.15, -0.1) is 0 Å². The molecule has 0 unspecified atom stereocenters. The summed E-state index contributed by atoms with van der Waals surface area (Å²) in [6, 6.07) is 12.3. The van der Waals surface area contributed by atoms with E-state index in [1.165, 1.54) is 23.8 Å². The maximum atomic E-state index is 12.4. The monoisotopic (exact) mass is 328 g/mol. The first-order valence-electron chi connectivity index (χ1n) is 7.48. The highest BCUT2D eigenvalue weighted by Crippen LogP contribution is 2.25. The highest BCUT2D eigenvalue weighted by molar-refractivity contribution is 5.95. The Bertz CT molecular complexity index is 744. The second-order valence-electron chi connectivity index (χ2n) is 5.60. The molecular formula is C17H20N4O3. The van der Waals surface area contributed by atoms with Crippen LogP contribution in [0.15, 0.2) is 42.5 Å². The number of nitrogen functional groups attached to an aromatic ring is 1. The molecule has 1 amide bonds. The zero-order valence-electron chi connectivity index (χ0n) is 13.7. The number of rotatable bonds is 6. The van der Waals surface area contributed by atoms with E-state index in [0.717, 1.165) is 5.56 Å². The number of nitrogens with two attached hydrogens (primary N) is 1. The van der Waals surface area contributed by atoms with Crippen LogP contribution in [0.25, 0.3) is 0 Å². The van der Waals surface area contributed by atoms with Crippen LogP contribution in [0, 0.1) is 17.0 Å². The van der Waals surface area contributed by atoms with Crippen molar-refractivity contribution in [2.45, 2.75) is 13.3 Å². The molecular weight excluding hydrogens is 308 g/mol. The van der Waals surface area contributed by atoms with Crippen LogP contribution in [0.2, 0.25) is 0 Å². The number of carbonyl (C=O) groups excluding carboxylic acids is 1. The Kier molecular flexibility index (Phi) is 5.49. The van der Waals surface area contributed by atoms with Crippen molar-refractivity contribution >= 4 is 17.3 Å². The second kappa shape index (κ2) is 7.56. The number of nitro benzene ring substituents is 1. The zero-order chi connectivity index (χ0) is 17.7. The minimum Gasteiger partial charge on any atom is -0.341 e. The van der Waals surface area contributed by atoms with Gasteiger partial charge in [-0.2, -0.15) is 0 Å². The Hall–Kier alpha value is -2.93. The van der Waals surface area contributed by atoms with E-state index in [1.807, 2.05) is 31.2 Å². The molecule has 0 aromatic heterocycles. The average molecular weight is 328 g/mol. The van der Waals surface area contributed by atoms with Gasteiger partial charge < -0.3 is 10.3 Å². The minimum atomic E-state index is -0.571. The fourth-order valence-corrected chi connectivity index (χ4v) is 2.31. The van der Waals surface area contributed by atoms with E-state index in [4.69, 9.17) is 5.84 Å². The van der Waals surface area contributed by atoms with Crippen LogP contribution in [-0.4, -0.2) is 29.3 Å². The van der Waals surface area contributed by atoms with Crippen LogP contribution in [0.1, 0.15) is 21.5 Å². The highest BCUT2D eigenvalue weighted by atomic mass is 16.6. The van der Waals surface area contributed by atoms with Gasteiger partial charge in [0.25, 0.3) is 11.6 Å². The van der Waals surface area contributed by atoms with E-state index in [-0.39, 0.29) is 22.8 Å². The third-order valence-corrected chi connectivity index (χ3v) is 3.80. The number of amides is 1. The van der Waals surface area contributed by atoms with Crippen molar-refractivity contribution in [2.75, 3.05) is 19.0 Å². The number of likely N-dealkylation sites (N-methyl/N-ethyl adjacent to an activating group) is 1. The number of anilines is 1. The number of carbonyl (C=O) groups is 1. The molecule has 0 fully saturated rings. The number of hydrogen-bond donors (Lipinski definition) is 2. The molecule has 0 heterocycles. The van der Waals surface area contributed by atoms with Crippen LogP contribution in [0.3, 0.4) is 0 Å². The zero-order valence-corrected chi connectivity index (χ0v) is 13.7. The maximum absolute atomic E-state index is 12.4. The summed E-state index contributed by atoms with van der Waals surface area (Å²) < 4.78 is 0. The molecule has 24 heavy (non-hydrogen) atoms. The van der Waals surface area contributed by atoms with Gasteiger partial charge in [0.05, 0.1) is 4.92 Å². The molecule has 0 aliphatic carbocycles. The van der Waals surface area contributed by atoms with Crippen molar-refractivity contribution in [3.63, 3.8) is 0 Å². The van der Waals surface area contributed by atoms with Gasteiger partial charge in [-0.3, -0.25) is 20.8 Å². The number of hydrazine groups is 1. The Balaban J connectivity index is 2.08. The van der Waals surface area contributed by atoms with Crippen molar-refractivity contribution in [3.05, 3.63) is 69.3 Å². The summed E-state index contributed by atoms with van der Waals surface area (Å²) in [6.45, 7) is 2.54. The fourth-order valence-electron chi connectivity index (χ4n) is 2.31. The summed E-state index contributed by atoms with van der Waals surface area (Å²) in [6.07, 6.45) is 0.715. The van der Waals surface area contributed by atoms with Crippen molar-refractivity contribution in [3.8, 4) is 0 Å². The normalized spacial score (nSPS) is 10.3. The average Bonchev–Trinajstić information content (AvgIpc) is 2.59. The molecule has 0 radical (unpaired) electrons. The lowest BCUT2D eigenvalue weighted by molar-refractivity contribution is -0.384. The number of nitrogens with one attached hydrogen (secondary N) is 1. The molecule has 0 atom stereocenters. The van der Waals surface area contributed by atoms with Crippen LogP contribution in [-0.2, 0) is 6.42 Å². The van der Waals surface area contributed by atoms with Gasteiger partial charge >= 0.3 is 0 Å². The van der Waals surface area contributed by atoms with Crippen molar-refractivity contribution in [2.24, 2.45) is 5.84 Å². The van der Waals surface area contributed by atoms with Crippen molar-refractivity contribution in [1.82, 2.24) is 4.90 Å². The Morgan fingerprint density at radius 3 is 2.50 bits per heavy atom. The summed E-state index contributed by atoms with van der Waals surface area (Å²) in [5, 5.41) is 11.0. The summed E-state index contributed by atoms with van der Waals surface area (Å²) in [7, 11) is 1.68. The largest absolute Gasteiger partial charge is 0.341 e. The number of nitro groups is 1. The maximum Gasteiger partial charge on any atom is 0.294 e. The van der Waals surface area contributed by atoms with Gasteiger partial charge in [-0.05, 0) is 31.0 Å². The van der Waals surface area contributed by atoms with Crippen molar-refractivity contribution in [1.29, 1.82) is 0 Å². The molecule has 0 bridgehead atoms. The topological polar surface area (TPSA) is 102 Å². The Labute approximate surface area is 140 Å². The SMILES string of the molecule is Cc1ccc(CCN(C)C(=O)c2ccc(NN)c([N+](=O)[O-])c2)cc1. The smallest absolute Gasteiger partial charge is 0.294 e. The highest BCUT2D eigenvalue weighted by Gasteiger charge is 2.19. The molecule has 2 aromatic rings. The fraction of sp³-hybridized carbons (Fsp3) is 0.235. The van der Waals surface area contributed by atoms with E-state index in [2.05, 4.69) is 5.43 Å². The van der Waals surface area contributed by atoms with Gasteiger partial charge in [0.15, 0.2) is 0 Å². The lowest BCUT2D eigenvalue weighted by Crippen LogP contribution is -2.29. The molecule has 3 N–H and O–H groups in total. The summed E-state index contributed by atoms with van der Waals surface area (Å²) >= 11 is 0. The van der Waals surface area contributed by atoms with Crippen LogP contribution in [0.5, 0.6) is 0 Å². The van der Waals surface area contributed by atoms with E-state index >= 15 is 0 Å². The number of aryl methyl sites for hydroxylation is 1. The molecule has 0 saturated carbocycles. The van der Waals surface area contributed by atoms with E-state index in [9.17, 15) is 14.9 Å².